The van der Waals surface area contributed by atoms with E-state index in [0.717, 1.165) is 34.2 Å². The van der Waals surface area contributed by atoms with Crippen molar-refractivity contribution in [2.24, 2.45) is 0 Å². The Hall–Kier alpha value is -5.80. The number of nitrogens with zero attached hydrogens (tertiary/aromatic N) is 2. The van der Waals surface area contributed by atoms with Crippen molar-refractivity contribution < 1.29 is 4.74 Å². The van der Waals surface area contributed by atoms with E-state index in [0.29, 0.717) is 0 Å². The van der Waals surface area contributed by atoms with E-state index in [4.69, 9.17) is 4.74 Å². The van der Waals surface area contributed by atoms with E-state index >= 15 is 0 Å². The number of hydrogen-bond acceptors (Lipinski definition) is 3. The van der Waals surface area contributed by atoms with Crippen LogP contribution in [0, 0.1) is 0 Å². The van der Waals surface area contributed by atoms with Crippen molar-refractivity contribution in [1.82, 2.24) is 0 Å². The summed E-state index contributed by atoms with van der Waals surface area (Å²) < 4.78 is 5.42. The highest BCUT2D eigenvalue weighted by Gasteiger charge is 2.15. The molecule has 45 heavy (non-hydrogen) atoms. The quantitative estimate of drug-likeness (QED) is 0.177. The first-order valence-electron chi connectivity index (χ1n) is 15.2. The average molecular weight is 583 g/mol. The number of hydrogen-bond donors (Lipinski definition) is 0. The zero-order valence-electron chi connectivity index (χ0n) is 25.5. The van der Waals surface area contributed by atoms with Gasteiger partial charge in [0.2, 0.25) is 0 Å². The van der Waals surface area contributed by atoms with Gasteiger partial charge in [0, 0.05) is 41.6 Å². The Labute approximate surface area is 265 Å². The highest BCUT2D eigenvalue weighted by Crippen LogP contribution is 2.39. The number of anilines is 5. The predicted molar refractivity (Wildman–Crippen MR) is 191 cm³/mol. The largest absolute Gasteiger partial charge is 0.497 e. The molecule has 0 aliphatic rings. The number of rotatable bonds is 8. The van der Waals surface area contributed by atoms with Crippen LogP contribution in [0.15, 0.2) is 170 Å². The molecular formula is C42H34N2O. The lowest BCUT2D eigenvalue weighted by molar-refractivity contribution is 0.415. The minimum absolute atomic E-state index is 0.848. The lowest BCUT2D eigenvalue weighted by Gasteiger charge is -2.26. The van der Waals surface area contributed by atoms with Crippen molar-refractivity contribution in [3.63, 3.8) is 0 Å². The molecule has 0 atom stereocenters. The molecule has 0 aromatic heterocycles. The Bertz CT molecular complexity index is 2050. The topological polar surface area (TPSA) is 15.7 Å². The average Bonchev–Trinajstić information content (AvgIpc) is 3.12. The molecular weight excluding hydrogens is 548 g/mol. The predicted octanol–water partition coefficient (Wildman–Crippen LogP) is 11.4. The summed E-state index contributed by atoms with van der Waals surface area (Å²) in [6, 6.07) is 60.2. The van der Waals surface area contributed by atoms with Crippen molar-refractivity contribution in [2.75, 3.05) is 24.0 Å². The molecule has 0 radical (unpaired) electrons. The highest BCUT2D eigenvalue weighted by molar-refractivity contribution is 5.90. The normalized spacial score (nSPS) is 10.9. The fraction of sp³-hybridized carbons (Fsp3) is 0.0476. The van der Waals surface area contributed by atoms with Crippen LogP contribution in [0.3, 0.4) is 0 Å². The lowest BCUT2D eigenvalue weighted by Crippen LogP contribution is -2.10. The molecule has 0 unspecified atom stereocenters. The zero-order chi connectivity index (χ0) is 30.6. The van der Waals surface area contributed by atoms with Gasteiger partial charge in [0.15, 0.2) is 0 Å². The van der Waals surface area contributed by atoms with Gasteiger partial charge in [-0.15, -0.1) is 0 Å². The molecule has 3 nitrogen and oxygen atoms in total. The summed E-state index contributed by atoms with van der Waals surface area (Å²) in [5.74, 6) is 0.848. The number of methoxy groups -OCH3 is 1. The third kappa shape index (κ3) is 5.89. The number of fused-ring (bicyclic) bond motifs is 1. The molecule has 0 N–H and O–H groups in total. The molecule has 0 aliphatic carbocycles. The summed E-state index contributed by atoms with van der Waals surface area (Å²) in [6.07, 6.45) is 0. The molecule has 0 aliphatic heterocycles. The van der Waals surface area contributed by atoms with Crippen LogP contribution >= 0.6 is 0 Å². The molecule has 7 rings (SSSR count). The SMILES string of the molecule is COc1cccc(N(C)c2ccc(-c3ccc(N(c4cccc(-c5ccccc5)c4)c4ccc5ccccc5c4)cc3)cc2)c1. The van der Waals surface area contributed by atoms with Gasteiger partial charge in [0.1, 0.15) is 5.75 Å². The Morgan fingerprint density at radius 2 is 0.933 bits per heavy atom. The van der Waals surface area contributed by atoms with Gasteiger partial charge < -0.3 is 14.5 Å². The van der Waals surface area contributed by atoms with E-state index in [9.17, 15) is 0 Å². The lowest BCUT2D eigenvalue weighted by atomic mass is 10.0. The first kappa shape index (κ1) is 28.0. The van der Waals surface area contributed by atoms with Crippen LogP contribution in [-0.4, -0.2) is 14.2 Å². The maximum Gasteiger partial charge on any atom is 0.120 e. The molecule has 0 spiro atoms. The van der Waals surface area contributed by atoms with Gasteiger partial charge in [-0.3, -0.25) is 0 Å². The van der Waals surface area contributed by atoms with Gasteiger partial charge in [-0.25, -0.2) is 0 Å². The molecule has 3 heteroatoms. The second-order valence-electron chi connectivity index (χ2n) is 11.1. The summed E-state index contributed by atoms with van der Waals surface area (Å²) in [4.78, 5) is 4.51. The molecule has 0 heterocycles. The second kappa shape index (κ2) is 12.4. The maximum absolute atomic E-state index is 5.42. The van der Waals surface area contributed by atoms with Crippen LogP contribution in [-0.2, 0) is 0 Å². The molecule has 0 bridgehead atoms. The number of benzene rings is 7. The monoisotopic (exact) mass is 582 g/mol. The Kier molecular flexibility index (Phi) is 7.74. The van der Waals surface area contributed by atoms with Crippen LogP contribution < -0.4 is 14.5 Å². The minimum Gasteiger partial charge on any atom is -0.497 e. The molecule has 0 fully saturated rings. The van der Waals surface area contributed by atoms with Gasteiger partial charge in [0.05, 0.1) is 7.11 Å². The van der Waals surface area contributed by atoms with E-state index in [-0.39, 0.29) is 0 Å². The van der Waals surface area contributed by atoms with Crippen molar-refractivity contribution >= 4 is 39.2 Å². The third-order valence-electron chi connectivity index (χ3n) is 8.36. The molecule has 0 saturated heterocycles. The minimum atomic E-state index is 0.848. The zero-order valence-corrected chi connectivity index (χ0v) is 25.5. The molecule has 0 amide bonds. The summed E-state index contributed by atoms with van der Waals surface area (Å²) >= 11 is 0. The van der Waals surface area contributed by atoms with E-state index < -0.39 is 0 Å². The van der Waals surface area contributed by atoms with Crippen molar-refractivity contribution in [3.8, 4) is 28.0 Å². The van der Waals surface area contributed by atoms with Gasteiger partial charge in [-0.1, -0.05) is 103 Å². The smallest absolute Gasteiger partial charge is 0.120 e. The van der Waals surface area contributed by atoms with Gasteiger partial charge >= 0.3 is 0 Å². The van der Waals surface area contributed by atoms with Crippen LogP contribution in [0.25, 0.3) is 33.0 Å². The van der Waals surface area contributed by atoms with Crippen molar-refractivity contribution in [3.05, 3.63) is 170 Å². The third-order valence-corrected chi connectivity index (χ3v) is 8.36. The Morgan fingerprint density at radius 1 is 0.378 bits per heavy atom. The van der Waals surface area contributed by atoms with Gasteiger partial charge in [0.25, 0.3) is 0 Å². The van der Waals surface area contributed by atoms with Crippen LogP contribution in [0.4, 0.5) is 28.4 Å². The number of ether oxygens (including phenoxy) is 1. The fourth-order valence-electron chi connectivity index (χ4n) is 5.87. The van der Waals surface area contributed by atoms with Crippen LogP contribution in [0.2, 0.25) is 0 Å². The molecule has 7 aromatic rings. The summed E-state index contributed by atoms with van der Waals surface area (Å²) in [7, 11) is 3.77. The van der Waals surface area contributed by atoms with Crippen molar-refractivity contribution in [2.45, 2.75) is 0 Å². The van der Waals surface area contributed by atoms with E-state index in [1.807, 2.05) is 18.2 Å². The first-order chi connectivity index (χ1) is 22.2. The molecule has 218 valence electrons. The summed E-state index contributed by atoms with van der Waals surface area (Å²) in [5, 5.41) is 2.45. The van der Waals surface area contributed by atoms with Crippen LogP contribution in [0.1, 0.15) is 0 Å². The summed E-state index contributed by atoms with van der Waals surface area (Å²) in [5.41, 5.74) is 10.3. The maximum atomic E-state index is 5.42. The fourth-order valence-corrected chi connectivity index (χ4v) is 5.87. The molecule has 0 saturated carbocycles. The standard InChI is InChI=1S/C42H34N2O/c1-43(39-15-9-17-42(30-39)45-2)37-23-18-33(19-24-37)34-20-25-38(26-21-34)44(41-27-22-32-12-6-7-13-35(32)29-41)40-16-8-14-36(28-40)31-10-4-3-5-11-31/h3-30H,1-2H3. The Balaban J connectivity index is 1.22. The van der Waals surface area contributed by atoms with Crippen LogP contribution in [0.5, 0.6) is 5.75 Å². The summed E-state index contributed by atoms with van der Waals surface area (Å²) in [6.45, 7) is 0. The highest BCUT2D eigenvalue weighted by atomic mass is 16.5. The van der Waals surface area contributed by atoms with Gasteiger partial charge in [-0.2, -0.15) is 0 Å². The first-order valence-corrected chi connectivity index (χ1v) is 15.2. The van der Waals surface area contributed by atoms with E-state index in [1.54, 1.807) is 7.11 Å². The van der Waals surface area contributed by atoms with Crippen molar-refractivity contribution in [1.29, 1.82) is 0 Å². The van der Waals surface area contributed by atoms with E-state index in [1.165, 1.54) is 33.0 Å². The second-order valence-corrected chi connectivity index (χ2v) is 11.1. The Morgan fingerprint density at radius 3 is 1.67 bits per heavy atom. The van der Waals surface area contributed by atoms with Gasteiger partial charge in [-0.05, 0) is 93.7 Å². The van der Waals surface area contributed by atoms with E-state index in [2.05, 4.69) is 169 Å². The molecule has 7 aromatic carbocycles.